The Morgan fingerprint density at radius 1 is 1.17 bits per heavy atom. The van der Waals surface area contributed by atoms with Crippen molar-refractivity contribution in [2.45, 2.75) is 70.1 Å². The minimum absolute atomic E-state index is 0.0172. The zero-order valence-electron chi connectivity index (χ0n) is 29.9. The highest BCUT2D eigenvalue weighted by molar-refractivity contribution is 7.92. The van der Waals surface area contributed by atoms with Crippen LogP contribution in [0.25, 0.3) is 0 Å². The topological polar surface area (TPSA) is 111 Å². The molecule has 1 saturated carbocycles. The molecule has 8 rings (SSSR count). The molecule has 3 aromatic rings. The van der Waals surface area contributed by atoms with E-state index in [0.717, 1.165) is 61.6 Å². The lowest BCUT2D eigenvalue weighted by Crippen LogP contribution is -2.49. The number of methoxy groups -OCH3 is 1. The van der Waals surface area contributed by atoms with Crippen LogP contribution in [0.4, 0.5) is 5.69 Å². The lowest BCUT2D eigenvalue weighted by atomic mass is 9.68. The Kier molecular flexibility index (Phi) is 9.74. The zero-order chi connectivity index (χ0) is 36.0. The number of carbonyl (C=O) groups is 2. The Morgan fingerprint density at radius 2 is 2.06 bits per heavy atom. The van der Waals surface area contributed by atoms with Crippen molar-refractivity contribution in [3.63, 3.8) is 0 Å². The van der Waals surface area contributed by atoms with Gasteiger partial charge in [-0.15, -0.1) is 4.36 Å². The molecule has 1 N–H and O–H groups in total. The largest absolute Gasteiger partial charge is 0.490 e. The number of ether oxygens (including phenoxy) is 3. The molecule has 2 amide bonds. The quantitative estimate of drug-likeness (QED) is 0.339. The number of carbonyl (C=O) groups excluding carboxylic acids is 2. The number of anilines is 1. The van der Waals surface area contributed by atoms with E-state index in [4.69, 9.17) is 25.8 Å². The third-order valence-electron chi connectivity index (χ3n) is 11.8. The van der Waals surface area contributed by atoms with E-state index in [-0.39, 0.29) is 23.2 Å². The van der Waals surface area contributed by atoms with E-state index >= 15 is 0 Å². The number of fused-ring (bicyclic) bond motifs is 5. The molecule has 0 radical (unpaired) electrons. The Labute approximate surface area is 311 Å². The minimum Gasteiger partial charge on any atom is -0.490 e. The van der Waals surface area contributed by atoms with E-state index in [1.165, 1.54) is 11.1 Å². The lowest BCUT2D eigenvalue weighted by molar-refractivity contribution is -0.289. The predicted molar refractivity (Wildman–Crippen MR) is 197 cm³/mol. The van der Waals surface area contributed by atoms with Crippen molar-refractivity contribution in [2.75, 3.05) is 44.1 Å². The minimum atomic E-state index is -3.52. The third kappa shape index (κ3) is 6.93. The van der Waals surface area contributed by atoms with Crippen molar-refractivity contribution in [1.82, 2.24) is 9.29 Å². The normalized spacial score (nSPS) is 30.8. The van der Waals surface area contributed by atoms with Crippen LogP contribution in [-0.2, 0) is 44.4 Å². The number of allylic oxidation sites excluding steroid dienone is 1. The number of hydrogen-bond donors (Lipinski definition) is 1. The second kappa shape index (κ2) is 14.3. The van der Waals surface area contributed by atoms with Gasteiger partial charge in [0.15, 0.2) is 11.6 Å². The number of aryl methyl sites for hydroxylation is 1. The van der Waals surface area contributed by atoms with E-state index < -0.39 is 21.7 Å². The molecule has 0 saturated heterocycles. The predicted octanol–water partition coefficient (Wildman–Crippen LogP) is 5.78. The second-order valence-electron chi connectivity index (χ2n) is 15.4. The Morgan fingerprint density at radius 3 is 2.87 bits per heavy atom. The average Bonchev–Trinajstić information content (AvgIpc) is 3.49. The first kappa shape index (κ1) is 35.4. The standard InChI is InChI=1S/C40H47ClN4O6S/c1-26-5-3-7-36(49-2)33-11-8-29(33)20-45-24-40(14-4-6-27-17-31(41)10-12-34(27)40)25-51-37-13-9-28(19-35(37)45)38(46)42-52(48,23-26)43-39(47)30-18-32-22-50-16-15-44(32)21-30/h3,7,9-10,12-13,17-19,21,26,29,33,36,41H,4-6,8,11,14-16,20,22-25H2,1-2H3/p+1/b7-3+/t26-,29-,33+,36-,40-,52?/m0/s1. The molecule has 6 atom stereocenters. The van der Waals surface area contributed by atoms with Crippen molar-refractivity contribution in [3.05, 3.63) is 93.8 Å². The molecule has 276 valence electrons. The zero-order valence-corrected chi connectivity index (χ0v) is 31.5. The third-order valence-corrected chi connectivity index (χ3v) is 14.0. The van der Waals surface area contributed by atoms with Crippen LogP contribution in [0.3, 0.4) is 0 Å². The number of amides is 2. The molecule has 2 aliphatic carbocycles. The fraction of sp³-hybridized carbons (Fsp3) is 0.500. The number of aromatic nitrogens is 1. The molecule has 4 heterocycles. The summed E-state index contributed by atoms with van der Waals surface area (Å²) in [6, 6.07) is 13.5. The number of rotatable bonds is 3. The first-order chi connectivity index (χ1) is 25.1. The summed E-state index contributed by atoms with van der Waals surface area (Å²) in [6.07, 6.45) is 11.7. The van der Waals surface area contributed by atoms with Gasteiger partial charge in [0, 0.05) is 61.7 Å². The van der Waals surface area contributed by atoms with Crippen LogP contribution < -0.4 is 14.4 Å². The molecule has 3 aliphatic heterocycles. The van der Waals surface area contributed by atoms with Crippen LogP contribution in [0, 0.1) is 29.4 Å². The van der Waals surface area contributed by atoms with Gasteiger partial charge in [-0.1, -0.05) is 25.1 Å². The summed E-state index contributed by atoms with van der Waals surface area (Å²) in [6.45, 7) is 5.60. The van der Waals surface area contributed by atoms with Crippen LogP contribution in [-0.4, -0.2) is 65.9 Å². The fourth-order valence-corrected chi connectivity index (χ4v) is 11.0. The van der Waals surface area contributed by atoms with Crippen LogP contribution in [0.2, 0.25) is 5.02 Å². The Hall–Kier alpha value is -3.64. The average molecular weight is 748 g/mol. The second-order valence-corrected chi connectivity index (χ2v) is 17.8. The lowest BCUT2D eigenvalue weighted by Gasteiger charge is -2.46. The van der Waals surface area contributed by atoms with Crippen molar-refractivity contribution < 1.29 is 39.6 Å². The van der Waals surface area contributed by atoms with E-state index in [1.54, 1.807) is 25.4 Å². The van der Waals surface area contributed by atoms with Gasteiger partial charge in [0.25, 0.3) is 11.8 Å². The van der Waals surface area contributed by atoms with E-state index in [9.17, 15) is 13.8 Å². The maximum Gasteiger partial charge on any atom is 0.286 e. The highest BCUT2D eigenvalue weighted by Crippen LogP contribution is 2.47. The van der Waals surface area contributed by atoms with Gasteiger partial charge in [-0.3, -0.25) is 14.3 Å². The molecule has 12 heteroatoms. The summed E-state index contributed by atoms with van der Waals surface area (Å²) >= 11 is 5.56. The van der Waals surface area contributed by atoms with Crippen molar-refractivity contribution in [2.24, 2.45) is 22.1 Å². The van der Waals surface area contributed by atoms with Gasteiger partial charge in [0.05, 0.1) is 42.9 Å². The van der Waals surface area contributed by atoms with Gasteiger partial charge < -0.3 is 23.7 Å². The van der Waals surface area contributed by atoms with Gasteiger partial charge in [-0.2, -0.15) is 0 Å². The molecular weight excluding hydrogens is 700 g/mol. The summed E-state index contributed by atoms with van der Waals surface area (Å²) in [7, 11) is -1.75. The number of halogens is 1. The van der Waals surface area contributed by atoms with E-state index in [2.05, 4.69) is 38.3 Å². The summed E-state index contributed by atoms with van der Waals surface area (Å²) in [5, 5.41) is 0.853. The number of benzene rings is 2. The summed E-state index contributed by atoms with van der Waals surface area (Å²) < 4.78 is 41.9. The molecule has 52 heavy (non-hydrogen) atoms. The van der Waals surface area contributed by atoms with Crippen LogP contribution in [0.1, 0.15) is 76.6 Å². The van der Waals surface area contributed by atoms with Crippen LogP contribution in [0.5, 0.6) is 5.75 Å². The first-order valence-electron chi connectivity index (χ1n) is 18.5. The van der Waals surface area contributed by atoms with Crippen molar-refractivity contribution in [1.29, 1.82) is 0 Å². The molecule has 1 fully saturated rings. The van der Waals surface area contributed by atoms with Gasteiger partial charge in [0.2, 0.25) is 5.02 Å². The molecule has 5 aliphatic rings. The van der Waals surface area contributed by atoms with E-state index in [1.807, 2.05) is 29.7 Å². The number of nitrogens with zero attached hydrogens (tertiary/aromatic N) is 3. The number of nitrogens with one attached hydrogen (secondary N) is 1. The smallest absolute Gasteiger partial charge is 0.286 e. The SMILES string of the molecule is CO[C@H]1/C=C/C[C@H](C)CS(=O)(NC(=O)c2cc3n(c2)CCOC3)=NC(=O)c2ccc3c(c2)N(C[C@@H]2CC[C@H]21)C[C@@]1(CCCc2cc([ClH+])ccc21)CO3. The molecular formula is C40H48ClN4O6S+. The van der Waals surface area contributed by atoms with Gasteiger partial charge in [0.1, 0.15) is 15.7 Å². The summed E-state index contributed by atoms with van der Waals surface area (Å²) in [5.41, 5.74) is 4.72. The molecule has 10 nitrogen and oxygen atoms in total. The molecule has 1 aromatic heterocycles. The van der Waals surface area contributed by atoms with Gasteiger partial charge >= 0.3 is 0 Å². The Balaban J connectivity index is 1.18. The summed E-state index contributed by atoms with van der Waals surface area (Å²) in [4.78, 5) is 30.1. The van der Waals surface area contributed by atoms with Gasteiger partial charge in [-0.25, -0.2) is 4.21 Å². The maximum atomic E-state index is 14.6. The summed E-state index contributed by atoms with van der Waals surface area (Å²) in [5.74, 6) is 0.170. The monoisotopic (exact) mass is 747 g/mol. The maximum absolute atomic E-state index is 14.6. The molecule has 2 bridgehead atoms. The fourth-order valence-electron chi connectivity index (χ4n) is 8.93. The Bertz CT molecular complexity index is 2010. The molecule has 1 spiro atoms. The molecule has 2 aromatic carbocycles. The first-order valence-corrected chi connectivity index (χ1v) is 20.6. The number of hydrogen-bond acceptors (Lipinski definition) is 7. The van der Waals surface area contributed by atoms with Crippen molar-refractivity contribution in [3.8, 4) is 5.75 Å². The molecule has 1 unspecified atom stereocenters. The van der Waals surface area contributed by atoms with E-state index in [0.29, 0.717) is 61.5 Å². The highest BCUT2D eigenvalue weighted by atomic mass is 35.5. The van der Waals surface area contributed by atoms with Crippen LogP contribution >= 0.6 is 0 Å². The van der Waals surface area contributed by atoms with Crippen LogP contribution in [0.15, 0.2) is 65.2 Å². The highest BCUT2D eigenvalue weighted by Gasteiger charge is 2.44. The van der Waals surface area contributed by atoms with Gasteiger partial charge in [-0.05, 0) is 91.7 Å². The van der Waals surface area contributed by atoms with Crippen molar-refractivity contribution >= 4 is 27.4 Å².